The highest BCUT2D eigenvalue weighted by Gasteiger charge is 2.31. The number of hydrogen-bond acceptors (Lipinski definition) is 4. The van der Waals surface area contributed by atoms with Gasteiger partial charge in [-0.2, -0.15) is 0 Å². The van der Waals surface area contributed by atoms with Crippen molar-refractivity contribution in [1.82, 2.24) is 14.8 Å². The predicted octanol–water partition coefficient (Wildman–Crippen LogP) is 3.11. The molecule has 0 aliphatic carbocycles. The summed E-state index contributed by atoms with van der Waals surface area (Å²) in [6.07, 6.45) is 9.23. The van der Waals surface area contributed by atoms with Crippen LogP contribution >= 0.6 is 11.3 Å². The van der Waals surface area contributed by atoms with Crippen LogP contribution in [0.5, 0.6) is 0 Å². The maximum Gasteiger partial charge on any atom is 0.239 e. The number of carbonyl (C=O) groups excluding carboxylic acids is 1. The van der Waals surface area contributed by atoms with Gasteiger partial charge in [0.25, 0.3) is 0 Å². The molecule has 5 heteroatoms. The smallest absolute Gasteiger partial charge is 0.239 e. The third kappa shape index (κ3) is 3.69. The Labute approximate surface area is 137 Å². The van der Waals surface area contributed by atoms with Gasteiger partial charge >= 0.3 is 0 Å². The van der Waals surface area contributed by atoms with Crippen molar-refractivity contribution in [1.29, 1.82) is 0 Å². The van der Waals surface area contributed by atoms with Crippen LogP contribution in [0.4, 0.5) is 0 Å². The molecule has 1 amide bonds. The lowest BCUT2D eigenvalue weighted by Gasteiger charge is -2.36. The first kappa shape index (κ1) is 15.9. The number of hydrogen-bond donors (Lipinski definition) is 0. The number of carbonyl (C=O) groups is 1. The molecule has 0 saturated carbocycles. The highest BCUT2D eigenvalue weighted by molar-refractivity contribution is 7.09. The summed E-state index contributed by atoms with van der Waals surface area (Å²) < 4.78 is 0. The molecule has 0 N–H and O–H groups in total. The Morgan fingerprint density at radius 3 is 2.68 bits per heavy atom. The molecule has 2 unspecified atom stereocenters. The quantitative estimate of drug-likeness (QED) is 0.858. The van der Waals surface area contributed by atoms with Crippen LogP contribution in [0.1, 0.15) is 56.4 Å². The molecule has 2 aliphatic heterocycles. The SMILES string of the molecule is CC(C(=O)N1CCCC(c2nccs2)C1)N1CCCCCC1. The van der Waals surface area contributed by atoms with Crippen LogP contribution in [0.25, 0.3) is 0 Å². The summed E-state index contributed by atoms with van der Waals surface area (Å²) in [5.74, 6) is 0.761. The molecule has 0 bridgehead atoms. The number of thiazole rings is 1. The van der Waals surface area contributed by atoms with Gasteiger partial charge in [-0.3, -0.25) is 9.69 Å². The number of aromatic nitrogens is 1. The lowest BCUT2D eigenvalue weighted by atomic mass is 9.98. The summed E-state index contributed by atoms with van der Waals surface area (Å²) in [7, 11) is 0. The monoisotopic (exact) mass is 321 g/mol. The lowest BCUT2D eigenvalue weighted by molar-refractivity contribution is -0.137. The molecule has 22 heavy (non-hydrogen) atoms. The molecule has 2 saturated heterocycles. The first-order valence-corrected chi connectivity index (χ1v) is 9.56. The average molecular weight is 321 g/mol. The van der Waals surface area contributed by atoms with Gasteiger partial charge in [-0.25, -0.2) is 4.98 Å². The van der Waals surface area contributed by atoms with Crippen LogP contribution < -0.4 is 0 Å². The molecule has 1 aromatic heterocycles. The molecule has 0 radical (unpaired) electrons. The highest BCUT2D eigenvalue weighted by Crippen LogP contribution is 2.28. The van der Waals surface area contributed by atoms with Gasteiger partial charge in [-0.15, -0.1) is 11.3 Å². The zero-order valence-corrected chi connectivity index (χ0v) is 14.4. The van der Waals surface area contributed by atoms with Crippen molar-refractivity contribution in [3.05, 3.63) is 16.6 Å². The van der Waals surface area contributed by atoms with E-state index in [0.717, 1.165) is 39.0 Å². The molecule has 0 aromatic carbocycles. The Kier molecular flexibility index (Phi) is 5.47. The zero-order valence-electron chi connectivity index (χ0n) is 13.5. The summed E-state index contributed by atoms with van der Waals surface area (Å²) in [6, 6.07) is 0.0353. The van der Waals surface area contributed by atoms with Crippen molar-refractivity contribution in [2.45, 2.75) is 57.4 Å². The van der Waals surface area contributed by atoms with Crippen molar-refractivity contribution >= 4 is 17.2 Å². The van der Waals surface area contributed by atoms with E-state index >= 15 is 0 Å². The fraction of sp³-hybridized carbons (Fsp3) is 0.765. The van der Waals surface area contributed by atoms with Gasteiger partial charge in [-0.05, 0) is 45.7 Å². The fourth-order valence-corrected chi connectivity index (χ4v) is 4.49. The Balaban J connectivity index is 1.60. The Bertz CT molecular complexity index is 468. The van der Waals surface area contributed by atoms with Crippen molar-refractivity contribution in [3.8, 4) is 0 Å². The Morgan fingerprint density at radius 1 is 1.23 bits per heavy atom. The van der Waals surface area contributed by atoms with E-state index in [2.05, 4.69) is 21.7 Å². The maximum atomic E-state index is 12.9. The summed E-state index contributed by atoms with van der Waals surface area (Å²) in [6.45, 7) is 6.03. The van der Waals surface area contributed by atoms with Crippen LogP contribution in [0.3, 0.4) is 0 Å². The van der Waals surface area contributed by atoms with E-state index in [0.29, 0.717) is 11.8 Å². The Hall–Kier alpha value is -0.940. The molecule has 122 valence electrons. The third-order valence-electron chi connectivity index (χ3n) is 5.08. The molecular formula is C17H27N3OS. The molecule has 2 fully saturated rings. The van der Waals surface area contributed by atoms with Crippen LogP contribution in [0.15, 0.2) is 11.6 Å². The summed E-state index contributed by atoms with van der Waals surface area (Å²) in [5, 5.41) is 3.23. The number of rotatable bonds is 3. The van der Waals surface area contributed by atoms with E-state index in [4.69, 9.17) is 0 Å². The van der Waals surface area contributed by atoms with Gasteiger partial charge in [0.2, 0.25) is 5.91 Å². The van der Waals surface area contributed by atoms with Crippen molar-refractivity contribution < 1.29 is 4.79 Å². The number of amides is 1. The summed E-state index contributed by atoms with van der Waals surface area (Å²) >= 11 is 1.72. The molecule has 0 spiro atoms. The molecule has 1 aromatic rings. The van der Waals surface area contributed by atoms with Crippen LogP contribution in [-0.2, 0) is 4.79 Å². The van der Waals surface area contributed by atoms with Crippen LogP contribution in [0.2, 0.25) is 0 Å². The second kappa shape index (κ2) is 7.55. The second-order valence-corrected chi connectivity index (χ2v) is 7.55. The van der Waals surface area contributed by atoms with Crippen molar-refractivity contribution in [2.75, 3.05) is 26.2 Å². The average Bonchev–Trinajstić information content (AvgIpc) is 2.96. The fourth-order valence-electron chi connectivity index (χ4n) is 3.72. The molecule has 2 aliphatic rings. The van der Waals surface area contributed by atoms with Gasteiger partial charge < -0.3 is 4.90 Å². The molecule has 3 rings (SSSR count). The minimum Gasteiger partial charge on any atom is -0.341 e. The molecule has 3 heterocycles. The summed E-state index contributed by atoms with van der Waals surface area (Å²) in [4.78, 5) is 21.8. The Morgan fingerprint density at radius 2 is 2.00 bits per heavy atom. The van der Waals surface area contributed by atoms with Gasteiger partial charge in [0.1, 0.15) is 0 Å². The van der Waals surface area contributed by atoms with E-state index in [-0.39, 0.29) is 6.04 Å². The standard InChI is InChI=1S/C17H27N3OS/c1-14(19-9-4-2-3-5-10-19)17(21)20-11-6-7-15(13-20)16-18-8-12-22-16/h8,12,14-15H,2-7,9-11,13H2,1H3. The first-order chi connectivity index (χ1) is 10.8. The van der Waals surface area contributed by atoms with E-state index in [1.54, 1.807) is 11.3 Å². The molecule has 2 atom stereocenters. The third-order valence-corrected chi connectivity index (χ3v) is 6.02. The van der Waals surface area contributed by atoms with Crippen LogP contribution in [0, 0.1) is 0 Å². The first-order valence-electron chi connectivity index (χ1n) is 8.68. The van der Waals surface area contributed by atoms with E-state index in [1.807, 2.05) is 11.6 Å². The topological polar surface area (TPSA) is 36.4 Å². The number of likely N-dealkylation sites (tertiary alicyclic amines) is 2. The van der Waals surface area contributed by atoms with Crippen molar-refractivity contribution in [3.63, 3.8) is 0 Å². The van der Waals surface area contributed by atoms with Crippen molar-refractivity contribution in [2.24, 2.45) is 0 Å². The van der Waals surface area contributed by atoms with Gasteiger partial charge in [0.05, 0.1) is 11.0 Å². The zero-order chi connectivity index (χ0) is 15.4. The number of piperidine rings is 1. The largest absolute Gasteiger partial charge is 0.341 e. The van der Waals surface area contributed by atoms with Crippen LogP contribution in [-0.4, -0.2) is 52.9 Å². The lowest BCUT2D eigenvalue weighted by Crippen LogP contribution is -2.50. The van der Waals surface area contributed by atoms with E-state index in [1.165, 1.54) is 30.7 Å². The predicted molar refractivity (Wildman–Crippen MR) is 90.2 cm³/mol. The highest BCUT2D eigenvalue weighted by atomic mass is 32.1. The van der Waals surface area contributed by atoms with Gasteiger partial charge in [-0.1, -0.05) is 12.8 Å². The van der Waals surface area contributed by atoms with Gasteiger partial charge in [0, 0.05) is 30.6 Å². The molecular weight excluding hydrogens is 294 g/mol. The van der Waals surface area contributed by atoms with Gasteiger partial charge in [0.15, 0.2) is 0 Å². The van der Waals surface area contributed by atoms with E-state index in [9.17, 15) is 4.79 Å². The van der Waals surface area contributed by atoms with E-state index < -0.39 is 0 Å². The minimum atomic E-state index is 0.0353. The normalized spacial score (nSPS) is 25.7. The second-order valence-electron chi connectivity index (χ2n) is 6.62. The summed E-state index contributed by atoms with van der Waals surface area (Å²) in [5.41, 5.74) is 0. The minimum absolute atomic E-state index is 0.0353. The number of nitrogens with zero attached hydrogens (tertiary/aromatic N) is 3. The molecule has 4 nitrogen and oxygen atoms in total. The maximum absolute atomic E-state index is 12.9.